The fraction of sp³-hybridized carbons (Fsp3) is 0.158. The Morgan fingerprint density at radius 2 is 1.96 bits per heavy atom. The lowest BCUT2D eigenvalue weighted by Gasteiger charge is -2.22. The number of Topliss-reactive ketones (excluding diaryl/α,β-unsaturated/α-hetero) is 1. The van der Waals surface area contributed by atoms with E-state index in [1.54, 1.807) is 48.5 Å². The van der Waals surface area contributed by atoms with Gasteiger partial charge in [-0.3, -0.25) is 9.59 Å². The van der Waals surface area contributed by atoms with Gasteiger partial charge in [0.1, 0.15) is 0 Å². The van der Waals surface area contributed by atoms with Crippen molar-refractivity contribution >= 4 is 44.9 Å². The SMILES string of the molecule is C=CCN1C(=O)[C@](O)(CC(=O)c2ccc(Cl)cc2)c2cc(Br)ccc21. The minimum atomic E-state index is -1.90. The summed E-state index contributed by atoms with van der Waals surface area (Å²) in [5.41, 5.74) is -0.515. The number of benzene rings is 2. The molecule has 0 radical (unpaired) electrons. The van der Waals surface area contributed by atoms with E-state index >= 15 is 0 Å². The summed E-state index contributed by atoms with van der Waals surface area (Å²) in [6, 6.07) is 11.6. The van der Waals surface area contributed by atoms with Crippen LogP contribution in [0.15, 0.2) is 59.6 Å². The molecule has 2 aromatic rings. The maximum absolute atomic E-state index is 12.8. The highest BCUT2D eigenvalue weighted by Crippen LogP contribution is 2.44. The molecule has 0 aliphatic carbocycles. The Labute approximate surface area is 158 Å². The topological polar surface area (TPSA) is 57.6 Å². The standard InChI is InChI=1S/C19H15BrClNO3/c1-2-9-22-16-8-5-13(20)10-15(16)19(25,18(22)24)11-17(23)12-3-6-14(21)7-4-12/h2-8,10,25H,1,9,11H2/t19-/m0/s1. The van der Waals surface area contributed by atoms with Crippen molar-refractivity contribution in [3.8, 4) is 0 Å². The molecular formula is C19H15BrClNO3. The molecule has 0 aromatic heterocycles. The number of hydrogen-bond donors (Lipinski definition) is 1. The fourth-order valence-electron chi connectivity index (χ4n) is 2.97. The van der Waals surface area contributed by atoms with Gasteiger partial charge in [-0.1, -0.05) is 33.6 Å². The third-order valence-electron chi connectivity index (χ3n) is 4.19. The number of aliphatic hydroxyl groups is 1. The van der Waals surface area contributed by atoms with Gasteiger partial charge in [0.2, 0.25) is 0 Å². The molecule has 3 rings (SSSR count). The second-order valence-electron chi connectivity index (χ2n) is 5.83. The van der Waals surface area contributed by atoms with Gasteiger partial charge in [-0.15, -0.1) is 6.58 Å². The zero-order valence-corrected chi connectivity index (χ0v) is 15.5. The summed E-state index contributed by atoms with van der Waals surface area (Å²) in [5.74, 6) is -0.860. The summed E-state index contributed by atoms with van der Waals surface area (Å²) in [5, 5.41) is 11.6. The van der Waals surface area contributed by atoms with Crippen molar-refractivity contribution in [2.24, 2.45) is 0 Å². The first kappa shape index (κ1) is 17.9. The summed E-state index contributed by atoms with van der Waals surface area (Å²) < 4.78 is 0.719. The van der Waals surface area contributed by atoms with E-state index in [1.807, 2.05) is 0 Å². The molecule has 1 aliphatic rings. The highest BCUT2D eigenvalue weighted by atomic mass is 79.9. The molecular weight excluding hydrogens is 406 g/mol. The molecule has 6 heteroatoms. The second kappa shape index (κ2) is 6.75. The number of hydrogen-bond acceptors (Lipinski definition) is 3. The lowest BCUT2D eigenvalue weighted by Crippen LogP contribution is -2.41. The molecule has 1 atom stereocenters. The molecule has 4 nitrogen and oxygen atoms in total. The van der Waals surface area contributed by atoms with Crippen LogP contribution in [0.3, 0.4) is 0 Å². The largest absolute Gasteiger partial charge is 0.375 e. The molecule has 0 saturated carbocycles. The average molecular weight is 421 g/mol. The first-order valence-electron chi connectivity index (χ1n) is 7.61. The van der Waals surface area contributed by atoms with Crippen LogP contribution >= 0.6 is 27.5 Å². The fourth-order valence-corrected chi connectivity index (χ4v) is 3.46. The molecule has 1 N–H and O–H groups in total. The Bertz CT molecular complexity index is 865. The van der Waals surface area contributed by atoms with E-state index in [2.05, 4.69) is 22.5 Å². The highest BCUT2D eigenvalue weighted by molar-refractivity contribution is 9.10. The van der Waals surface area contributed by atoms with Crippen LogP contribution in [0.4, 0.5) is 5.69 Å². The first-order chi connectivity index (χ1) is 11.9. The van der Waals surface area contributed by atoms with Crippen molar-refractivity contribution in [1.82, 2.24) is 0 Å². The van der Waals surface area contributed by atoms with E-state index < -0.39 is 11.5 Å². The van der Waals surface area contributed by atoms with Crippen molar-refractivity contribution in [2.75, 3.05) is 11.4 Å². The zero-order valence-electron chi connectivity index (χ0n) is 13.2. The van der Waals surface area contributed by atoms with Crippen molar-refractivity contribution in [1.29, 1.82) is 0 Å². The smallest absolute Gasteiger partial charge is 0.264 e. The quantitative estimate of drug-likeness (QED) is 0.585. The summed E-state index contributed by atoms with van der Waals surface area (Å²) in [7, 11) is 0. The number of anilines is 1. The number of nitrogens with zero attached hydrogens (tertiary/aromatic N) is 1. The van der Waals surface area contributed by atoms with E-state index in [4.69, 9.17) is 11.6 Å². The number of halogens is 2. The monoisotopic (exact) mass is 419 g/mol. The number of fused-ring (bicyclic) bond motifs is 1. The minimum absolute atomic E-state index is 0.255. The Kier molecular flexibility index (Phi) is 4.82. The van der Waals surface area contributed by atoms with E-state index in [-0.39, 0.29) is 18.7 Å². The Morgan fingerprint density at radius 1 is 1.28 bits per heavy atom. The summed E-state index contributed by atoms with van der Waals surface area (Å²) in [4.78, 5) is 26.9. The average Bonchev–Trinajstić information content (AvgIpc) is 2.77. The summed E-state index contributed by atoms with van der Waals surface area (Å²) in [6.07, 6.45) is 1.24. The summed E-state index contributed by atoms with van der Waals surface area (Å²) in [6.45, 7) is 3.90. The number of amides is 1. The minimum Gasteiger partial charge on any atom is -0.375 e. The van der Waals surface area contributed by atoms with Gasteiger partial charge in [0.15, 0.2) is 11.4 Å². The maximum Gasteiger partial charge on any atom is 0.264 e. The number of rotatable bonds is 5. The molecule has 0 bridgehead atoms. The summed E-state index contributed by atoms with van der Waals surface area (Å²) >= 11 is 9.19. The molecule has 0 saturated heterocycles. The van der Waals surface area contributed by atoms with Gasteiger partial charge < -0.3 is 10.0 Å². The van der Waals surface area contributed by atoms with Gasteiger partial charge in [-0.2, -0.15) is 0 Å². The van der Waals surface area contributed by atoms with Crippen molar-refractivity contribution < 1.29 is 14.7 Å². The van der Waals surface area contributed by atoms with Crippen LogP contribution in [0.1, 0.15) is 22.3 Å². The molecule has 0 fully saturated rings. The van der Waals surface area contributed by atoms with E-state index in [1.165, 1.54) is 4.90 Å². The molecule has 2 aromatic carbocycles. The Morgan fingerprint density at radius 3 is 2.60 bits per heavy atom. The third-order valence-corrected chi connectivity index (χ3v) is 4.93. The van der Waals surface area contributed by atoms with Crippen molar-refractivity contribution in [3.05, 3.63) is 75.7 Å². The highest BCUT2D eigenvalue weighted by Gasteiger charge is 2.50. The predicted molar refractivity (Wildman–Crippen MR) is 101 cm³/mol. The predicted octanol–water partition coefficient (Wildman–Crippen LogP) is 4.10. The van der Waals surface area contributed by atoms with Crippen LogP contribution in [0, 0.1) is 0 Å². The molecule has 0 spiro atoms. The Hall–Kier alpha value is -1.95. The Balaban J connectivity index is 2.00. The number of ketones is 1. The normalized spacial score (nSPS) is 19.0. The molecule has 1 amide bonds. The van der Waals surface area contributed by atoms with Crippen LogP contribution in [0.25, 0.3) is 0 Å². The van der Waals surface area contributed by atoms with Gasteiger partial charge in [-0.05, 0) is 42.5 Å². The maximum atomic E-state index is 12.8. The van der Waals surface area contributed by atoms with Gasteiger partial charge in [0.05, 0.1) is 12.1 Å². The number of carbonyl (C=O) groups is 2. The molecule has 1 heterocycles. The zero-order chi connectivity index (χ0) is 18.2. The van der Waals surface area contributed by atoms with Gasteiger partial charge >= 0.3 is 0 Å². The molecule has 128 valence electrons. The third kappa shape index (κ3) is 3.15. The molecule has 1 aliphatic heterocycles. The lowest BCUT2D eigenvalue weighted by atomic mass is 9.88. The first-order valence-corrected chi connectivity index (χ1v) is 8.78. The van der Waals surface area contributed by atoms with Gasteiger partial charge in [-0.25, -0.2) is 0 Å². The lowest BCUT2D eigenvalue weighted by molar-refractivity contribution is -0.135. The second-order valence-corrected chi connectivity index (χ2v) is 7.19. The van der Waals surface area contributed by atoms with Crippen LogP contribution in [0.5, 0.6) is 0 Å². The van der Waals surface area contributed by atoms with Crippen molar-refractivity contribution in [3.63, 3.8) is 0 Å². The van der Waals surface area contributed by atoms with E-state index in [0.29, 0.717) is 21.8 Å². The van der Waals surface area contributed by atoms with Crippen LogP contribution in [-0.2, 0) is 10.4 Å². The van der Waals surface area contributed by atoms with E-state index in [0.717, 1.165) is 4.47 Å². The molecule has 0 unspecified atom stereocenters. The number of carbonyl (C=O) groups excluding carboxylic acids is 2. The van der Waals surface area contributed by atoms with Crippen LogP contribution in [-0.4, -0.2) is 23.3 Å². The molecule has 25 heavy (non-hydrogen) atoms. The van der Waals surface area contributed by atoms with Crippen molar-refractivity contribution in [2.45, 2.75) is 12.0 Å². The van der Waals surface area contributed by atoms with Crippen LogP contribution in [0.2, 0.25) is 5.02 Å². The van der Waals surface area contributed by atoms with Crippen LogP contribution < -0.4 is 4.90 Å². The van der Waals surface area contributed by atoms with Gasteiger partial charge in [0, 0.05) is 27.2 Å². The van der Waals surface area contributed by atoms with Gasteiger partial charge in [0.25, 0.3) is 5.91 Å². The van der Waals surface area contributed by atoms with E-state index in [9.17, 15) is 14.7 Å².